The van der Waals surface area contributed by atoms with E-state index >= 15 is 0 Å². The Hall–Kier alpha value is -1.40. The van der Waals surface area contributed by atoms with Gasteiger partial charge in [-0.05, 0) is 39.5 Å². The van der Waals surface area contributed by atoms with E-state index in [-0.39, 0.29) is 5.60 Å². The predicted molar refractivity (Wildman–Crippen MR) is 78.5 cm³/mol. The van der Waals surface area contributed by atoms with Crippen LogP contribution in [0, 0.1) is 0 Å². The van der Waals surface area contributed by atoms with Crippen molar-refractivity contribution >= 4 is 11.6 Å². The number of hydrazine groups is 1. The van der Waals surface area contributed by atoms with Crippen molar-refractivity contribution < 1.29 is 4.74 Å². The maximum atomic E-state index is 5.74. The summed E-state index contributed by atoms with van der Waals surface area (Å²) >= 11 is 0. The molecule has 0 bridgehead atoms. The number of nitrogens with zero attached hydrogens (tertiary/aromatic N) is 2. The molecule has 0 aromatic carbocycles. The monoisotopic (exact) mass is 277 g/mol. The molecule has 1 aromatic heterocycles. The Labute approximate surface area is 119 Å². The first-order chi connectivity index (χ1) is 9.55. The molecular formula is C14H23N5O. The van der Waals surface area contributed by atoms with Crippen LogP contribution in [0.15, 0.2) is 6.07 Å². The molecule has 6 heteroatoms. The molecule has 3 rings (SSSR count). The van der Waals surface area contributed by atoms with Crippen LogP contribution in [0.2, 0.25) is 0 Å². The molecule has 2 fully saturated rings. The highest BCUT2D eigenvalue weighted by Crippen LogP contribution is 2.39. The van der Waals surface area contributed by atoms with Crippen LogP contribution in [0.4, 0.5) is 11.6 Å². The van der Waals surface area contributed by atoms with Gasteiger partial charge >= 0.3 is 0 Å². The number of aromatic nitrogens is 2. The minimum Gasteiger partial charge on any atom is -0.375 e. The molecule has 1 saturated heterocycles. The third-order valence-electron chi connectivity index (χ3n) is 3.88. The van der Waals surface area contributed by atoms with E-state index in [0.717, 1.165) is 31.1 Å². The van der Waals surface area contributed by atoms with E-state index in [9.17, 15) is 0 Å². The van der Waals surface area contributed by atoms with Crippen LogP contribution in [0.25, 0.3) is 0 Å². The summed E-state index contributed by atoms with van der Waals surface area (Å²) in [4.78, 5) is 9.05. The maximum absolute atomic E-state index is 5.74. The van der Waals surface area contributed by atoms with Gasteiger partial charge in [0.05, 0.1) is 5.60 Å². The highest BCUT2D eigenvalue weighted by molar-refractivity contribution is 5.48. The summed E-state index contributed by atoms with van der Waals surface area (Å²) in [5.74, 6) is 8.44. The zero-order valence-electron chi connectivity index (χ0n) is 12.1. The lowest BCUT2D eigenvalue weighted by molar-refractivity contribution is -0.0553. The van der Waals surface area contributed by atoms with Gasteiger partial charge in [-0.2, -0.15) is 0 Å². The molecule has 1 unspecified atom stereocenters. The van der Waals surface area contributed by atoms with E-state index in [1.165, 1.54) is 12.8 Å². The summed E-state index contributed by atoms with van der Waals surface area (Å²) in [7, 11) is 0. The summed E-state index contributed by atoms with van der Waals surface area (Å²) in [5, 5.41) is 3.51. The van der Waals surface area contributed by atoms with Gasteiger partial charge in [0.25, 0.3) is 0 Å². The minimum absolute atomic E-state index is 0.0722. The average molecular weight is 277 g/mol. The second-order valence-corrected chi connectivity index (χ2v) is 6.36. The van der Waals surface area contributed by atoms with E-state index in [0.29, 0.717) is 17.8 Å². The quantitative estimate of drug-likeness (QED) is 0.576. The molecule has 1 saturated carbocycles. The topological polar surface area (TPSA) is 85.1 Å². The number of hydrogen-bond acceptors (Lipinski definition) is 6. The number of ether oxygens (including phenoxy) is 1. The SMILES string of the molecule is CC1(C)CC(Nc2cc(NN)nc(C3CC3)n2)CCO1. The van der Waals surface area contributed by atoms with Crippen molar-refractivity contribution in [3.63, 3.8) is 0 Å². The number of nitrogens with two attached hydrogens (primary N) is 1. The number of rotatable bonds is 4. The largest absolute Gasteiger partial charge is 0.375 e. The van der Waals surface area contributed by atoms with Gasteiger partial charge in [-0.25, -0.2) is 15.8 Å². The summed E-state index contributed by atoms with van der Waals surface area (Å²) in [6.07, 6.45) is 4.33. The second-order valence-electron chi connectivity index (χ2n) is 6.36. The summed E-state index contributed by atoms with van der Waals surface area (Å²) < 4.78 is 5.74. The van der Waals surface area contributed by atoms with Crippen molar-refractivity contribution in [2.24, 2.45) is 5.84 Å². The second kappa shape index (κ2) is 5.18. The summed E-state index contributed by atoms with van der Waals surface area (Å²) in [6.45, 7) is 5.04. The van der Waals surface area contributed by atoms with Crippen molar-refractivity contribution in [2.45, 2.75) is 57.1 Å². The average Bonchev–Trinajstić information content (AvgIpc) is 3.21. The van der Waals surface area contributed by atoms with Crippen molar-refractivity contribution in [3.05, 3.63) is 11.9 Å². The lowest BCUT2D eigenvalue weighted by Crippen LogP contribution is -2.40. The molecule has 1 aliphatic carbocycles. The Balaban J connectivity index is 1.74. The highest BCUT2D eigenvalue weighted by atomic mass is 16.5. The Kier molecular flexibility index (Phi) is 3.52. The molecular weight excluding hydrogens is 254 g/mol. The maximum Gasteiger partial charge on any atom is 0.145 e. The Morgan fingerprint density at radius 1 is 1.25 bits per heavy atom. The van der Waals surface area contributed by atoms with Gasteiger partial charge in [-0.3, -0.25) is 0 Å². The molecule has 1 aromatic rings. The number of nitrogens with one attached hydrogen (secondary N) is 2. The van der Waals surface area contributed by atoms with E-state index in [1.807, 2.05) is 6.07 Å². The summed E-state index contributed by atoms with van der Waals surface area (Å²) in [6, 6.07) is 2.25. The molecule has 1 aliphatic heterocycles. The van der Waals surface area contributed by atoms with E-state index in [2.05, 4.69) is 34.6 Å². The van der Waals surface area contributed by atoms with Crippen LogP contribution in [0.5, 0.6) is 0 Å². The number of hydrogen-bond donors (Lipinski definition) is 3. The van der Waals surface area contributed by atoms with E-state index in [1.54, 1.807) is 0 Å². The summed E-state index contributed by atoms with van der Waals surface area (Å²) in [5.41, 5.74) is 2.56. The fourth-order valence-corrected chi connectivity index (χ4v) is 2.70. The molecule has 1 atom stereocenters. The molecule has 110 valence electrons. The lowest BCUT2D eigenvalue weighted by atomic mass is 9.94. The zero-order valence-corrected chi connectivity index (χ0v) is 12.1. The molecule has 6 nitrogen and oxygen atoms in total. The first-order valence-corrected chi connectivity index (χ1v) is 7.32. The van der Waals surface area contributed by atoms with Crippen LogP contribution in [-0.2, 0) is 4.74 Å². The molecule has 20 heavy (non-hydrogen) atoms. The third-order valence-corrected chi connectivity index (χ3v) is 3.88. The van der Waals surface area contributed by atoms with Crippen LogP contribution < -0.4 is 16.6 Å². The number of anilines is 2. The molecule has 0 radical (unpaired) electrons. The lowest BCUT2D eigenvalue weighted by Gasteiger charge is -2.36. The van der Waals surface area contributed by atoms with Crippen LogP contribution in [-0.4, -0.2) is 28.2 Å². The first-order valence-electron chi connectivity index (χ1n) is 7.32. The predicted octanol–water partition coefficient (Wildman–Crippen LogP) is 2.01. The van der Waals surface area contributed by atoms with Gasteiger partial charge in [0.15, 0.2) is 0 Å². The van der Waals surface area contributed by atoms with Gasteiger partial charge in [-0.15, -0.1) is 0 Å². The normalized spacial score (nSPS) is 25.2. The van der Waals surface area contributed by atoms with Gasteiger partial charge < -0.3 is 15.5 Å². The zero-order chi connectivity index (χ0) is 14.2. The first kappa shape index (κ1) is 13.6. The van der Waals surface area contributed by atoms with Crippen molar-refractivity contribution in [1.29, 1.82) is 0 Å². The van der Waals surface area contributed by atoms with E-state index in [4.69, 9.17) is 10.6 Å². The molecule has 0 amide bonds. The van der Waals surface area contributed by atoms with Gasteiger partial charge in [0.2, 0.25) is 0 Å². The van der Waals surface area contributed by atoms with Gasteiger partial charge in [0, 0.05) is 24.6 Å². The molecule has 0 spiro atoms. The Bertz CT molecular complexity index is 486. The van der Waals surface area contributed by atoms with Crippen LogP contribution in [0.1, 0.15) is 51.3 Å². The smallest absolute Gasteiger partial charge is 0.145 e. The standard InChI is InChI=1S/C14H23N5O/c1-14(2)8-10(5-6-20-14)16-11-7-12(19-15)18-13(17-11)9-3-4-9/h7,9-10H,3-6,8,15H2,1-2H3,(H2,16,17,18,19). The molecule has 2 aliphatic rings. The highest BCUT2D eigenvalue weighted by Gasteiger charge is 2.30. The van der Waals surface area contributed by atoms with Gasteiger partial charge in [-0.1, -0.05) is 0 Å². The molecule has 4 N–H and O–H groups in total. The van der Waals surface area contributed by atoms with Crippen LogP contribution in [0.3, 0.4) is 0 Å². The Morgan fingerprint density at radius 3 is 2.65 bits per heavy atom. The Morgan fingerprint density at radius 2 is 2.00 bits per heavy atom. The van der Waals surface area contributed by atoms with Crippen molar-refractivity contribution in [1.82, 2.24) is 9.97 Å². The fourth-order valence-electron chi connectivity index (χ4n) is 2.70. The van der Waals surface area contributed by atoms with Crippen LogP contribution >= 0.6 is 0 Å². The van der Waals surface area contributed by atoms with Crippen molar-refractivity contribution in [3.8, 4) is 0 Å². The fraction of sp³-hybridized carbons (Fsp3) is 0.714. The molecule has 2 heterocycles. The third kappa shape index (κ3) is 3.19. The number of nitrogen functional groups attached to an aromatic ring is 1. The minimum atomic E-state index is -0.0722. The van der Waals surface area contributed by atoms with E-state index < -0.39 is 0 Å². The van der Waals surface area contributed by atoms with Gasteiger partial charge in [0.1, 0.15) is 17.5 Å². The van der Waals surface area contributed by atoms with Crippen molar-refractivity contribution in [2.75, 3.05) is 17.3 Å².